The van der Waals surface area contributed by atoms with Crippen LogP contribution < -0.4 is 10.2 Å². The standard InChI is InChI=1S/C15H25N3O2/c1-12-9-13(10-16-5-8-20-2)11-17-15(12)18(6-7-19)14-3-4-14/h9,11,14,16,19H,3-8,10H2,1-2H3. The number of nitrogens with one attached hydrogen (secondary N) is 1. The van der Waals surface area contributed by atoms with Crippen LogP contribution in [0.1, 0.15) is 24.0 Å². The molecule has 0 bridgehead atoms. The van der Waals surface area contributed by atoms with Gasteiger partial charge in [0.1, 0.15) is 5.82 Å². The molecular formula is C15H25N3O2. The lowest BCUT2D eigenvalue weighted by Gasteiger charge is -2.24. The van der Waals surface area contributed by atoms with Gasteiger partial charge in [0, 0.05) is 39.0 Å². The molecule has 0 aliphatic heterocycles. The summed E-state index contributed by atoms with van der Waals surface area (Å²) in [6.45, 7) is 5.31. The first-order chi connectivity index (χ1) is 9.76. The first-order valence-corrected chi connectivity index (χ1v) is 7.29. The zero-order valence-corrected chi connectivity index (χ0v) is 12.4. The Kier molecular flexibility index (Phi) is 5.76. The highest BCUT2D eigenvalue weighted by atomic mass is 16.5. The number of methoxy groups -OCH3 is 1. The van der Waals surface area contributed by atoms with E-state index in [1.165, 1.54) is 24.0 Å². The fourth-order valence-corrected chi connectivity index (χ4v) is 2.39. The molecule has 2 N–H and O–H groups in total. The van der Waals surface area contributed by atoms with Gasteiger partial charge in [-0.15, -0.1) is 0 Å². The average molecular weight is 279 g/mol. The van der Waals surface area contributed by atoms with E-state index in [-0.39, 0.29) is 6.61 Å². The molecule has 1 aromatic heterocycles. The second-order valence-corrected chi connectivity index (χ2v) is 5.30. The number of rotatable bonds is 9. The molecule has 0 radical (unpaired) electrons. The van der Waals surface area contributed by atoms with E-state index in [9.17, 15) is 5.11 Å². The van der Waals surface area contributed by atoms with Gasteiger partial charge in [-0.25, -0.2) is 4.98 Å². The number of ether oxygens (including phenoxy) is 1. The van der Waals surface area contributed by atoms with Crippen molar-refractivity contribution in [3.8, 4) is 0 Å². The van der Waals surface area contributed by atoms with Crippen LogP contribution in [0.2, 0.25) is 0 Å². The van der Waals surface area contributed by atoms with Crippen molar-refractivity contribution in [3.63, 3.8) is 0 Å². The molecule has 0 amide bonds. The van der Waals surface area contributed by atoms with E-state index in [0.717, 1.165) is 25.5 Å². The molecule has 0 saturated heterocycles. The Labute approximate surface area is 121 Å². The molecule has 0 atom stereocenters. The molecule has 1 aromatic rings. The number of aromatic nitrogens is 1. The third-order valence-corrected chi connectivity index (χ3v) is 3.52. The summed E-state index contributed by atoms with van der Waals surface area (Å²) in [5.74, 6) is 1.02. The molecule has 1 fully saturated rings. The molecule has 1 aliphatic carbocycles. The van der Waals surface area contributed by atoms with Gasteiger partial charge >= 0.3 is 0 Å². The van der Waals surface area contributed by atoms with Crippen LogP contribution in [-0.4, -0.2) is 49.5 Å². The summed E-state index contributed by atoms with van der Waals surface area (Å²) in [5, 5.41) is 12.5. The molecule has 0 spiro atoms. The molecule has 1 heterocycles. The fourth-order valence-electron chi connectivity index (χ4n) is 2.39. The second-order valence-electron chi connectivity index (χ2n) is 5.30. The number of hydrogen-bond acceptors (Lipinski definition) is 5. The molecule has 2 rings (SSSR count). The Morgan fingerprint density at radius 1 is 1.50 bits per heavy atom. The Morgan fingerprint density at radius 2 is 2.30 bits per heavy atom. The molecule has 5 nitrogen and oxygen atoms in total. The van der Waals surface area contributed by atoms with E-state index in [1.54, 1.807) is 7.11 Å². The van der Waals surface area contributed by atoms with Gasteiger partial charge in [0.15, 0.2) is 0 Å². The van der Waals surface area contributed by atoms with Crippen LogP contribution in [0.25, 0.3) is 0 Å². The van der Waals surface area contributed by atoms with Gasteiger partial charge in [0.2, 0.25) is 0 Å². The van der Waals surface area contributed by atoms with Crippen LogP contribution in [0.5, 0.6) is 0 Å². The van der Waals surface area contributed by atoms with E-state index in [0.29, 0.717) is 12.6 Å². The predicted molar refractivity (Wildman–Crippen MR) is 80.0 cm³/mol. The molecule has 0 unspecified atom stereocenters. The highest BCUT2D eigenvalue weighted by molar-refractivity contribution is 5.49. The van der Waals surface area contributed by atoms with Crippen LogP contribution in [0, 0.1) is 6.92 Å². The maximum absolute atomic E-state index is 9.20. The van der Waals surface area contributed by atoms with Crippen LogP contribution >= 0.6 is 0 Å². The van der Waals surface area contributed by atoms with E-state index in [1.807, 2.05) is 6.20 Å². The third-order valence-electron chi connectivity index (χ3n) is 3.52. The minimum absolute atomic E-state index is 0.179. The van der Waals surface area contributed by atoms with Crippen LogP contribution in [-0.2, 0) is 11.3 Å². The monoisotopic (exact) mass is 279 g/mol. The zero-order chi connectivity index (χ0) is 14.4. The highest BCUT2D eigenvalue weighted by Gasteiger charge is 2.30. The molecule has 112 valence electrons. The van der Waals surface area contributed by atoms with Crippen molar-refractivity contribution in [2.75, 3.05) is 38.3 Å². The van der Waals surface area contributed by atoms with Crippen LogP contribution in [0.4, 0.5) is 5.82 Å². The van der Waals surface area contributed by atoms with Gasteiger partial charge in [-0.2, -0.15) is 0 Å². The quantitative estimate of drug-likeness (QED) is 0.663. The summed E-state index contributed by atoms with van der Waals surface area (Å²) in [6, 6.07) is 2.74. The molecule has 5 heteroatoms. The molecule has 20 heavy (non-hydrogen) atoms. The predicted octanol–water partition coefficient (Wildman–Crippen LogP) is 1.09. The minimum atomic E-state index is 0.179. The smallest absolute Gasteiger partial charge is 0.131 e. The maximum atomic E-state index is 9.20. The second kappa shape index (κ2) is 7.57. The summed E-state index contributed by atoms with van der Waals surface area (Å²) in [7, 11) is 1.70. The number of nitrogens with zero attached hydrogens (tertiary/aromatic N) is 2. The van der Waals surface area contributed by atoms with Crippen molar-refractivity contribution < 1.29 is 9.84 Å². The van der Waals surface area contributed by atoms with Gasteiger partial charge in [-0.1, -0.05) is 0 Å². The molecule has 1 saturated carbocycles. The third kappa shape index (κ3) is 4.16. The summed E-state index contributed by atoms with van der Waals surface area (Å²) in [6.07, 6.45) is 4.35. The average Bonchev–Trinajstić information content (AvgIpc) is 3.26. The van der Waals surface area contributed by atoms with E-state index >= 15 is 0 Å². The van der Waals surface area contributed by atoms with E-state index in [4.69, 9.17) is 4.74 Å². The lowest BCUT2D eigenvalue weighted by molar-refractivity contribution is 0.199. The van der Waals surface area contributed by atoms with Gasteiger partial charge in [0.05, 0.1) is 13.2 Å². The fraction of sp³-hybridized carbons (Fsp3) is 0.667. The Bertz CT molecular complexity index is 422. The topological polar surface area (TPSA) is 57.6 Å². The summed E-state index contributed by atoms with van der Waals surface area (Å²) in [5.41, 5.74) is 2.36. The number of anilines is 1. The van der Waals surface area contributed by atoms with Crippen molar-refractivity contribution in [3.05, 3.63) is 23.4 Å². The van der Waals surface area contributed by atoms with Crippen molar-refractivity contribution in [2.45, 2.75) is 32.4 Å². The maximum Gasteiger partial charge on any atom is 0.131 e. The van der Waals surface area contributed by atoms with Crippen molar-refractivity contribution in [1.29, 1.82) is 0 Å². The lowest BCUT2D eigenvalue weighted by atomic mass is 10.2. The van der Waals surface area contributed by atoms with Crippen molar-refractivity contribution in [1.82, 2.24) is 10.3 Å². The minimum Gasteiger partial charge on any atom is -0.395 e. The Morgan fingerprint density at radius 3 is 2.90 bits per heavy atom. The lowest BCUT2D eigenvalue weighted by Crippen LogP contribution is -2.30. The van der Waals surface area contributed by atoms with Gasteiger partial charge in [0.25, 0.3) is 0 Å². The van der Waals surface area contributed by atoms with Gasteiger partial charge < -0.3 is 20.1 Å². The SMILES string of the molecule is COCCNCc1cnc(N(CCO)C2CC2)c(C)c1. The first-order valence-electron chi connectivity index (χ1n) is 7.29. The normalized spacial score (nSPS) is 14.6. The summed E-state index contributed by atoms with van der Waals surface area (Å²) in [4.78, 5) is 6.83. The summed E-state index contributed by atoms with van der Waals surface area (Å²) >= 11 is 0. The van der Waals surface area contributed by atoms with Gasteiger partial charge in [-0.3, -0.25) is 0 Å². The van der Waals surface area contributed by atoms with E-state index in [2.05, 4.69) is 28.2 Å². The zero-order valence-electron chi connectivity index (χ0n) is 12.4. The van der Waals surface area contributed by atoms with E-state index < -0.39 is 0 Å². The van der Waals surface area contributed by atoms with Gasteiger partial charge in [-0.05, 0) is 37.0 Å². The highest BCUT2D eigenvalue weighted by Crippen LogP contribution is 2.32. The number of hydrogen-bond donors (Lipinski definition) is 2. The van der Waals surface area contributed by atoms with Crippen molar-refractivity contribution >= 4 is 5.82 Å². The van der Waals surface area contributed by atoms with Crippen molar-refractivity contribution in [2.24, 2.45) is 0 Å². The number of aryl methyl sites for hydroxylation is 1. The Balaban J connectivity index is 1.97. The number of aliphatic hydroxyl groups is 1. The first kappa shape index (κ1) is 15.2. The summed E-state index contributed by atoms with van der Waals surface area (Å²) < 4.78 is 5.01. The largest absolute Gasteiger partial charge is 0.395 e. The van der Waals surface area contributed by atoms with Crippen LogP contribution in [0.3, 0.4) is 0 Å². The molecule has 0 aromatic carbocycles. The van der Waals surface area contributed by atoms with Crippen LogP contribution in [0.15, 0.2) is 12.3 Å². The number of aliphatic hydroxyl groups excluding tert-OH is 1. The Hall–Kier alpha value is -1.17. The number of pyridine rings is 1. The molecular weight excluding hydrogens is 254 g/mol. The molecule has 1 aliphatic rings.